The highest BCUT2D eigenvalue weighted by Gasteiger charge is 2.27. The topological polar surface area (TPSA) is 102 Å². The summed E-state index contributed by atoms with van der Waals surface area (Å²) in [5, 5.41) is 11.4. The maximum Gasteiger partial charge on any atom is 0.336 e. The van der Waals surface area contributed by atoms with Crippen LogP contribution in [0.5, 0.6) is 0 Å². The number of nitrogens with zero attached hydrogens (tertiary/aromatic N) is 2. The van der Waals surface area contributed by atoms with Crippen molar-refractivity contribution >= 4 is 39.2 Å². The molecule has 3 rings (SSSR count). The van der Waals surface area contributed by atoms with Crippen LogP contribution in [0.3, 0.4) is 0 Å². The minimum Gasteiger partial charge on any atom is -0.408 e. The summed E-state index contributed by atoms with van der Waals surface area (Å²) in [6.07, 6.45) is 8.36. The average molecular weight is 381 g/mol. The van der Waals surface area contributed by atoms with Crippen LogP contribution in [0, 0.1) is 0 Å². The second kappa shape index (κ2) is 7.92. The molecule has 25 heavy (non-hydrogen) atoms. The molecule has 134 valence electrons. The largest absolute Gasteiger partial charge is 0.408 e. The Bertz CT molecular complexity index is 835. The molecule has 2 heterocycles. The molecule has 0 radical (unpaired) electrons. The molecule has 0 bridgehead atoms. The minimum atomic E-state index is -3.95. The van der Waals surface area contributed by atoms with E-state index >= 15 is 0 Å². The lowest BCUT2D eigenvalue weighted by Crippen LogP contribution is -2.39. The number of hydrogen-bond acceptors (Lipinski definition) is 7. The zero-order valence-corrected chi connectivity index (χ0v) is 15.2. The summed E-state index contributed by atoms with van der Waals surface area (Å²) in [4.78, 5) is 13.0. The van der Waals surface area contributed by atoms with Gasteiger partial charge in [-0.3, -0.25) is 4.79 Å². The van der Waals surface area contributed by atoms with E-state index in [1.807, 2.05) is 17.5 Å². The van der Waals surface area contributed by atoms with Gasteiger partial charge in [0.25, 0.3) is 0 Å². The van der Waals surface area contributed by atoms with Crippen molar-refractivity contribution in [2.75, 3.05) is 5.75 Å². The Balaban J connectivity index is 1.60. The predicted octanol–water partition coefficient (Wildman–Crippen LogP) is 2.52. The van der Waals surface area contributed by atoms with E-state index in [2.05, 4.69) is 15.5 Å². The molecular weight excluding hydrogens is 362 g/mol. The van der Waals surface area contributed by atoms with Gasteiger partial charge in [-0.1, -0.05) is 30.4 Å². The third kappa shape index (κ3) is 4.99. The first-order chi connectivity index (χ1) is 12.0. The number of thiophene rings is 1. The summed E-state index contributed by atoms with van der Waals surface area (Å²) in [6, 6.07) is 3.87. The molecule has 1 aliphatic carbocycles. The van der Waals surface area contributed by atoms with Gasteiger partial charge in [0, 0.05) is 17.0 Å². The van der Waals surface area contributed by atoms with Gasteiger partial charge in [-0.05, 0) is 30.4 Å². The van der Waals surface area contributed by atoms with Gasteiger partial charge in [0.15, 0.2) is 0 Å². The van der Waals surface area contributed by atoms with E-state index in [-0.39, 0.29) is 11.9 Å². The summed E-state index contributed by atoms with van der Waals surface area (Å²) in [6.45, 7) is 0. The van der Waals surface area contributed by atoms with Gasteiger partial charge in [0.2, 0.25) is 21.6 Å². The highest BCUT2D eigenvalue weighted by molar-refractivity contribution is 7.91. The third-order valence-electron chi connectivity index (χ3n) is 3.91. The number of carbonyl (C=O) groups excluding carboxylic acids is 1. The smallest absolute Gasteiger partial charge is 0.336 e. The van der Waals surface area contributed by atoms with Gasteiger partial charge in [-0.2, -0.15) is 0 Å². The third-order valence-corrected chi connectivity index (χ3v) is 6.09. The molecule has 0 spiro atoms. The van der Waals surface area contributed by atoms with Gasteiger partial charge >= 0.3 is 5.22 Å². The molecule has 1 aliphatic rings. The summed E-state index contributed by atoms with van der Waals surface area (Å²) in [5.74, 6) is -1.12. The van der Waals surface area contributed by atoms with Crippen LogP contribution in [0.4, 0.5) is 0 Å². The highest BCUT2D eigenvalue weighted by Crippen LogP contribution is 2.18. The molecule has 1 amide bonds. The van der Waals surface area contributed by atoms with Crippen molar-refractivity contribution in [1.29, 1.82) is 0 Å². The Labute approximate surface area is 150 Å². The van der Waals surface area contributed by atoms with E-state index in [4.69, 9.17) is 4.42 Å². The number of carbonyl (C=O) groups is 1. The number of aromatic nitrogens is 2. The number of hydrogen-bond donors (Lipinski definition) is 1. The zero-order valence-electron chi connectivity index (χ0n) is 13.6. The first kappa shape index (κ1) is 17.8. The van der Waals surface area contributed by atoms with Crippen molar-refractivity contribution in [3.8, 4) is 0 Å². The minimum absolute atomic E-state index is 0.0587. The lowest BCUT2D eigenvalue weighted by molar-refractivity contribution is -0.119. The Morgan fingerprint density at radius 3 is 2.80 bits per heavy atom. The van der Waals surface area contributed by atoms with Crippen molar-refractivity contribution in [3.05, 3.63) is 28.3 Å². The number of nitrogens with one attached hydrogen (secondary N) is 1. The van der Waals surface area contributed by atoms with E-state index in [9.17, 15) is 13.2 Å². The van der Waals surface area contributed by atoms with Crippen LogP contribution in [0.2, 0.25) is 0 Å². The second-order valence-electron chi connectivity index (χ2n) is 5.92. The number of rotatable bonds is 6. The molecule has 0 saturated heterocycles. The molecule has 1 fully saturated rings. The van der Waals surface area contributed by atoms with Crippen molar-refractivity contribution in [3.63, 3.8) is 0 Å². The molecule has 0 unspecified atom stereocenters. The first-order valence-electron chi connectivity index (χ1n) is 8.10. The molecular formula is C16H19N3O4S2. The predicted molar refractivity (Wildman–Crippen MR) is 94.6 cm³/mol. The lowest BCUT2D eigenvalue weighted by Gasteiger charge is -2.22. The molecule has 2 aromatic rings. The van der Waals surface area contributed by atoms with Crippen LogP contribution < -0.4 is 5.32 Å². The molecule has 0 aromatic carbocycles. The van der Waals surface area contributed by atoms with Crippen molar-refractivity contribution < 1.29 is 17.6 Å². The monoisotopic (exact) mass is 381 g/mol. The van der Waals surface area contributed by atoms with Gasteiger partial charge in [0.1, 0.15) is 5.75 Å². The molecule has 7 nitrogen and oxygen atoms in total. The molecule has 0 atom stereocenters. The van der Waals surface area contributed by atoms with Crippen LogP contribution in [-0.4, -0.2) is 36.3 Å². The molecule has 0 aliphatic heterocycles. The van der Waals surface area contributed by atoms with Crippen molar-refractivity contribution in [2.45, 2.75) is 43.4 Å². The van der Waals surface area contributed by atoms with Crippen LogP contribution in [0.1, 0.15) is 42.9 Å². The Kier molecular flexibility index (Phi) is 5.64. The second-order valence-corrected chi connectivity index (χ2v) is 8.76. The fourth-order valence-electron chi connectivity index (χ4n) is 2.70. The SMILES string of the molecule is O=C(CS(=O)(=O)c1nnc(C=Cc2cccs2)o1)NC1CCCCC1. The Hall–Kier alpha value is -2.00. The highest BCUT2D eigenvalue weighted by atomic mass is 32.2. The summed E-state index contributed by atoms with van der Waals surface area (Å²) >= 11 is 1.53. The molecule has 1 saturated carbocycles. The van der Waals surface area contributed by atoms with Crippen molar-refractivity contribution in [1.82, 2.24) is 15.5 Å². The van der Waals surface area contributed by atoms with E-state index in [1.54, 1.807) is 12.2 Å². The lowest BCUT2D eigenvalue weighted by atomic mass is 9.95. The Morgan fingerprint density at radius 1 is 1.28 bits per heavy atom. The van der Waals surface area contributed by atoms with Crippen molar-refractivity contribution in [2.24, 2.45) is 0 Å². The van der Waals surface area contributed by atoms with E-state index in [1.165, 1.54) is 11.3 Å². The van der Waals surface area contributed by atoms with E-state index < -0.39 is 26.7 Å². The summed E-state index contributed by atoms with van der Waals surface area (Å²) in [5.41, 5.74) is 0. The van der Waals surface area contributed by atoms with Crippen LogP contribution in [-0.2, 0) is 14.6 Å². The number of sulfone groups is 1. The first-order valence-corrected chi connectivity index (χ1v) is 10.6. The quantitative estimate of drug-likeness (QED) is 0.825. The summed E-state index contributed by atoms with van der Waals surface area (Å²) in [7, 11) is -3.95. The van der Waals surface area contributed by atoms with Crippen LogP contribution in [0.15, 0.2) is 27.2 Å². The zero-order chi connectivity index (χ0) is 17.7. The summed E-state index contributed by atoms with van der Waals surface area (Å²) < 4.78 is 29.7. The normalized spacial score (nSPS) is 16.3. The molecule has 2 aromatic heterocycles. The van der Waals surface area contributed by atoms with Gasteiger partial charge in [0.05, 0.1) is 0 Å². The van der Waals surface area contributed by atoms with E-state index in [0.29, 0.717) is 0 Å². The fraction of sp³-hybridized carbons (Fsp3) is 0.438. The fourth-order valence-corrected chi connectivity index (χ4v) is 4.25. The Morgan fingerprint density at radius 2 is 2.08 bits per heavy atom. The maximum atomic E-state index is 12.3. The van der Waals surface area contributed by atoms with Gasteiger partial charge in [-0.25, -0.2) is 8.42 Å². The van der Waals surface area contributed by atoms with Crippen LogP contribution >= 0.6 is 11.3 Å². The average Bonchev–Trinajstić information content (AvgIpc) is 3.25. The molecule has 9 heteroatoms. The van der Waals surface area contributed by atoms with E-state index in [0.717, 1.165) is 37.0 Å². The van der Waals surface area contributed by atoms with Gasteiger partial charge < -0.3 is 9.73 Å². The standard InChI is InChI=1S/C16H19N3O4S2/c20-14(17-12-5-2-1-3-6-12)11-25(21,22)16-19-18-15(23-16)9-8-13-7-4-10-24-13/h4,7-10,12H,1-3,5-6,11H2,(H,17,20). The number of amides is 1. The molecule has 1 N–H and O–H groups in total. The maximum absolute atomic E-state index is 12.3. The van der Waals surface area contributed by atoms with Crippen LogP contribution in [0.25, 0.3) is 12.2 Å². The van der Waals surface area contributed by atoms with Gasteiger partial charge in [-0.15, -0.1) is 16.4 Å².